The quantitative estimate of drug-likeness (QED) is 0.887. The van der Waals surface area contributed by atoms with Crippen molar-refractivity contribution in [1.82, 2.24) is 15.1 Å². The van der Waals surface area contributed by atoms with Crippen molar-refractivity contribution in [2.75, 3.05) is 6.54 Å². The first-order valence-electron chi connectivity index (χ1n) is 8.78. The Morgan fingerprint density at radius 2 is 2.00 bits per heavy atom. The number of nitrogens with zero attached hydrogens (tertiary/aromatic N) is 2. The van der Waals surface area contributed by atoms with Gasteiger partial charge >= 0.3 is 0 Å². The molecule has 1 aromatic heterocycles. The van der Waals surface area contributed by atoms with Crippen LogP contribution in [0.4, 0.5) is 0 Å². The van der Waals surface area contributed by atoms with Crippen molar-refractivity contribution < 1.29 is 4.79 Å². The molecule has 5 nitrogen and oxygen atoms in total. The van der Waals surface area contributed by atoms with Gasteiger partial charge in [0.25, 0.3) is 5.91 Å². The summed E-state index contributed by atoms with van der Waals surface area (Å²) in [5.74, 6) is -0.0836. The van der Waals surface area contributed by atoms with E-state index in [1.807, 2.05) is 11.6 Å². The summed E-state index contributed by atoms with van der Waals surface area (Å²) in [6, 6.07) is 8.37. The number of benzene rings is 1. The molecule has 1 unspecified atom stereocenters. The van der Waals surface area contributed by atoms with E-state index in [2.05, 4.69) is 41.6 Å². The maximum atomic E-state index is 12.6. The summed E-state index contributed by atoms with van der Waals surface area (Å²) in [5, 5.41) is 7.62. The first-order chi connectivity index (χ1) is 11.6. The van der Waals surface area contributed by atoms with E-state index in [0.29, 0.717) is 12.2 Å². The van der Waals surface area contributed by atoms with Gasteiger partial charge in [0, 0.05) is 23.8 Å². The first-order valence-corrected chi connectivity index (χ1v) is 8.78. The molecule has 1 aromatic carbocycles. The smallest absolute Gasteiger partial charge is 0.272 e. The Hall–Kier alpha value is -2.14. The van der Waals surface area contributed by atoms with Crippen molar-refractivity contribution in [2.45, 2.75) is 52.0 Å². The van der Waals surface area contributed by atoms with E-state index in [9.17, 15) is 4.79 Å². The van der Waals surface area contributed by atoms with Crippen molar-refractivity contribution in [1.29, 1.82) is 0 Å². The van der Waals surface area contributed by atoms with Gasteiger partial charge in [-0.15, -0.1) is 0 Å². The van der Waals surface area contributed by atoms with Crippen LogP contribution in [0.3, 0.4) is 0 Å². The number of nitrogens with one attached hydrogen (secondary N) is 1. The average molecular weight is 326 g/mol. The van der Waals surface area contributed by atoms with Crippen LogP contribution in [0.2, 0.25) is 0 Å². The van der Waals surface area contributed by atoms with Gasteiger partial charge in [-0.3, -0.25) is 4.79 Å². The van der Waals surface area contributed by atoms with Gasteiger partial charge in [0.15, 0.2) is 5.69 Å². The monoisotopic (exact) mass is 326 g/mol. The van der Waals surface area contributed by atoms with Gasteiger partial charge in [-0.05, 0) is 58.1 Å². The van der Waals surface area contributed by atoms with Crippen LogP contribution in [0, 0.1) is 6.92 Å². The Morgan fingerprint density at radius 3 is 2.71 bits per heavy atom. The van der Waals surface area contributed by atoms with E-state index in [1.165, 1.54) is 11.3 Å². The largest absolute Gasteiger partial charge is 0.351 e. The SMILES string of the molecule is Cc1ccc(-n2nc(C(=O)NCCC(C)N)c3c2CCCC3)cc1. The third-order valence-corrected chi connectivity index (χ3v) is 4.56. The number of carbonyl (C=O) groups excluding carboxylic acids is 1. The van der Waals surface area contributed by atoms with Gasteiger partial charge in [0.2, 0.25) is 0 Å². The van der Waals surface area contributed by atoms with E-state index in [0.717, 1.165) is 43.4 Å². The molecule has 2 aromatic rings. The molecule has 0 radical (unpaired) electrons. The molecular formula is C19H26N4O. The molecular weight excluding hydrogens is 300 g/mol. The highest BCUT2D eigenvalue weighted by atomic mass is 16.1. The molecule has 3 N–H and O–H groups in total. The number of rotatable bonds is 5. The highest BCUT2D eigenvalue weighted by molar-refractivity contribution is 5.94. The summed E-state index contributed by atoms with van der Waals surface area (Å²) in [6.07, 6.45) is 4.94. The zero-order valence-electron chi connectivity index (χ0n) is 14.5. The molecule has 128 valence electrons. The predicted octanol–water partition coefficient (Wildman–Crippen LogP) is 2.53. The lowest BCUT2D eigenvalue weighted by Crippen LogP contribution is -2.30. The number of aromatic nitrogens is 2. The zero-order chi connectivity index (χ0) is 17.1. The zero-order valence-corrected chi connectivity index (χ0v) is 14.5. The highest BCUT2D eigenvalue weighted by Crippen LogP contribution is 2.27. The summed E-state index contributed by atoms with van der Waals surface area (Å²) < 4.78 is 1.95. The molecule has 1 amide bonds. The van der Waals surface area contributed by atoms with E-state index >= 15 is 0 Å². The second kappa shape index (κ2) is 7.18. The summed E-state index contributed by atoms with van der Waals surface area (Å²) in [7, 11) is 0. The minimum absolute atomic E-state index is 0.0836. The summed E-state index contributed by atoms with van der Waals surface area (Å²) in [4.78, 5) is 12.6. The fourth-order valence-electron chi connectivity index (χ4n) is 3.18. The molecule has 1 atom stereocenters. The maximum Gasteiger partial charge on any atom is 0.272 e. The summed E-state index contributed by atoms with van der Waals surface area (Å²) in [6.45, 7) is 4.60. The second-order valence-electron chi connectivity index (χ2n) is 6.75. The average Bonchev–Trinajstić information content (AvgIpc) is 2.95. The molecule has 0 spiro atoms. The maximum absolute atomic E-state index is 12.6. The summed E-state index contributed by atoms with van der Waals surface area (Å²) in [5.41, 5.74) is 10.9. The van der Waals surface area contributed by atoms with Gasteiger partial charge in [-0.1, -0.05) is 17.7 Å². The Labute approximate surface area is 143 Å². The molecule has 0 fully saturated rings. The van der Waals surface area contributed by atoms with Crippen LogP contribution in [-0.2, 0) is 12.8 Å². The number of fused-ring (bicyclic) bond motifs is 1. The van der Waals surface area contributed by atoms with E-state index in [-0.39, 0.29) is 11.9 Å². The van der Waals surface area contributed by atoms with Gasteiger partial charge in [-0.2, -0.15) is 5.10 Å². The van der Waals surface area contributed by atoms with Gasteiger partial charge in [-0.25, -0.2) is 4.68 Å². The Kier molecular flexibility index (Phi) is 5.00. The Balaban J connectivity index is 1.90. The molecule has 3 rings (SSSR count). The van der Waals surface area contributed by atoms with Crippen LogP contribution in [0.1, 0.15) is 53.5 Å². The normalized spacial score (nSPS) is 15.0. The fourth-order valence-corrected chi connectivity index (χ4v) is 3.18. The highest BCUT2D eigenvalue weighted by Gasteiger charge is 2.25. The van der Waals surface area contributed by atoms with Crippen molar-refractivity contribution in [3.63, 3.8) is 0 Å². The van der Waals surface area contributed by atoms with Crippen LogP contribution >= 0.6 is 0 Å². The third-order valence-electron chi connectivity index (χ3n) is 4.56. The molecule has 1 aliphatic carbocycles. The molecule has 1 heterocycles. The molecule has 0 aliphatic heterocycles. The Bertz CT molecular complexity index is 716. The van der Waals surface area contributed by atoms with Crippen LogP contribution in [0.5, 0.6) is 0 Å². The van der Waals surface area contributed by atoms with Crippen molar-refractivity contribution in [3.05, 3.63) is 46.8 Å². The van der Waals surface area contributed by atoms with Crippen molar-refractivity contribution in [2.24, 2.45) is 5.73 Å². The lowest BCUT2D eigenvalue weighted by molar-refractivity contribution is 0.0946. The number of nitrogens with two attached hydrogens (primary N) is 1. The molecule has 0 saturated heterocycles. The first kappa shape index (κ1) is 16.7. The Morgan fingerprint density at radius 1 is 1.29 bits per heavy atom. The van der Waals surface area contributed by atoms with Gasteiger partial charge in [0.05, 0.1) is 5.69 Å². The van der Waals surface area contributed by atoms with Crippen molar-refractivity contribution >= 4 is 5.91 Å². The van der Waals surface area contributed by atoms with E-state index in [4.69, 9.17) is 5.73 Å². The van der Waals surface area contributed by atoms with Crippen LogP contribution in [0.15, 0.2) is 24.3 Å². The van der Waals surface area contributed by atoms with E-state index in [1.54, 1.807) is 0 Å². The fraction of sp³-hybridized carbons (Fsp3) is 0.474. The van der Waals surface area contributed by atoms with Crippen molar-refractivity contribution in [3.8, 4) is 5.69 Å². The number of amides is 1. The van der Waals surface area contributed by atoms with Crippen LogP contribution < -0.4 is 11.1 Å². The second-order valence-corrected chi connectivity index (χ2v) is 6.75. The van der Waals surface area contributed by atoms with E-state index < -0.39 is 0 Å². The molecule has 0 bridgehead atoms. The number of carbonyl (C=O) groups is 1. The minimum atomic E-state index is -0.0836. The predicted molar refractivity (Wildman–Crippen MR) is 95.5 cm³/mol. The number of hydrogen-bond acceptors (Lipinski definition) is 3. The number of aryl methyl sites for hydroxylation is 1. The van der Waals surface area contributed by atoms with Crippen LogP contribution in [-0.4, -0.2) is 28.3 Å². The number of hydrogen-bond donors (Lipinski definition) is 2. The topological polar surface area (TPSA) is 72.9 Å². The standard InChI is InChI=1S/C19H26N4O/c1-13-7-9-15(10-8-13)23-17-6-4-3-5-16(17)18(22-23)19(24)21-12-11-14(2)20/h7-10,14H,3-6,11-12,20H2,1-2H3,(H,21,24). The molecule has 0 saturated carbocycles. The molecule has 1 aliphatic rings. The lowest BCUT2D eigenvalue weighted by Gasteiger charge is -2.14. The molecule has 24 heavy (non-hydrogen) atoms. The van der Waals surface area contributed by atoms with Crippen LogP contribution in [0.25, 0.3) is 5.69 Å². The summed E-state index contributed by atoms with van der Waals surface area (Å²) >= 11 is 0. The third kappa shape index (κ3) is 3.51. The van der Waals surface area contributed by atoms with Gasteiger partial charge < -0.3 is 11.1 Å². The lowest BCUT2D eigenvalue weighted by atomic mass is 9.95. The molecule has 5 heteroatoms. The minimum Gasteiger partial charge on any atom is -0.351 e. The van der Waals surface area contributed by atoms with Gasteiger partial charge in [0.1, 0.15) is 0 Å².